The van der Waals surface area contributed by atoms with Crippen molar-refractivity contribution in [1.29, 1.82) is 0 Å². The summed E-state index contributed by atoms with van der Waals surface area (Å²) in [4.78, 5) is 32.2. The van der Waals surface area contributed by atoms with E-state index in [2.05, 4.69) is 15.3 Å². The molecule has 0 saturated heterocycles. The number of aromatic amines is 1. The van der Waals surface area contributed by atoms with Crippen LogP contribution in [-0.2, 0) is 17.5 Å². The Morgan fingerprint density at radius 1 is 1.28 bits per heavy atom. The Balaban J connectivity index is 1.80. The zero-order chi connectivity index (χ0) is 21.0. The predicted octanol–water partition coefficient (Wildman–Crippen LogP) is 3.35. The van der Waals surface area contributed by atoms with Crippen molar-refractivity contribution < 1.29 is 18.0 Å². The lowest BCUT2D eigenvalue weighted by Gasteiger charge is -2.17. The number of thioether (sulfide) groups is 1. The van der Waals surface area contributed by atoms with Gasteiger partial charge in [0.15, 0.2) is 0 Å². The third kappa shape index (κ3) is 5.00. The monoisotopic (exact) mass is 424 g/mol. The van der Waals surface area contributed by atoms with Crippen LogP contribution in [0.4, 0.5) is 13.2 Å². The highest BCUT2D eigenvalue weighted by molar-refractivity contribution is 7.98. The van der Waals surface area contributed by atoms with Gasteiger partial charge in [-0.05, 0) is 42.7 Å². The molecule has 10 heteroatoms. The molecule has 0 saturated carbocycles. The highest BCUT2D eigenvalue weighted by atomic mass is 32.2. The van der Waals surface area contributed by atoms with E-state index in [-0.39, 0.29) is 0 Å². The average molecular weight is 424 g/mol. The molecule has 6 nitrogen and oxygen atoms in total. The van der Waals surface area contributed by atoms with Crippen LogP contribution in [0.2, 0.25) is 0 Å². The lowest BCUT2D eigenvalue weighted by Crippen LogP contribution is -2.37. The zero-order valence-corrected chi connectivity index (χ0v) is 16.3. The second kappa shape index (κ2) is 8.73. The molecular weight excluding hydrogens is 405 g/mol. The molecule has 0 aliphatic carbocycles. The van der Waals surface area contributed by atoms with Crippen molar-refractivity contribution in [2.24, 2.45) is 0 Å². The maximum atomic E-state index is 12.9. The van der Waals surface area contributed by atoms with Gasteiger partial charge in [0.05, 0.1) is 17.1 Å². The summed E-state index contributed by atoms with van der Waals surface area (Å²) in [6.45, 7) is -0.515. The molecule has 0 radical (unpaired) electrons. The van der Waals surface area contributed by atoms with Crippen molar-refractivity contribution in [3.8, 4) is 0 Å². The topological polar surface area (TPSA) is 79.8 Å². The van der Waals surface area contributed by atoms with E-state index in [1.165, 1.54) is 0 Å². The number of pyridine rings is 1. The van der Waals surface area contributed by atoms with Crippen LogP contribution in [0, 0.1) is 0 Å². The minimum Gasteiger partial charge on any atom is -0.345 e. The highest BCUT2D eigenvalue weighted by Gasteiger charge is 2.34. The summed E-state index contributed by atoms with van der Waals surface area (Å²) >= 11 is 1.60. The number of carbonyl (C=O) groups excluding carboxylic acids is 1. The molecular formula is C19H19F3N4O2S. The van der Waals surface area contributed by atoms with E-state index in [1.54, 1.807) is 11.8 Å². The van der Waals surface area contributed by atoms with Crippen LogP contribution in [0.15, 0.2) is 47.4 Å². The van der Waals surface area contributed by atoms with Crippen LogP contribution in [-0.4, -0.2) is 32.5 Å². The highest BCUT2D eigenvalue weighted by Crippen LogP contribution is 2.26. The Bertz CT molecular complexity index is 1030. The first-order chi connectivity index (χ1) is 13.8. The number of fused-ring (bicyclic) bond motifs is 1. The van der Waals surface area contributed by atoms with Gasteiger partial charge in [-0.15, -0.1) is 0 Å². The zero-order valence-electron chi connectivity index (χ0n) is 15.5. The summed E-state index contributed by atoms with van der Waals surface area (Å²) in [5, 5.41) is 2.78. The van der Waals surface area contributed by atoms with Gasteiger partial charge in [0, 0.05) is 6.20 Å². The lowest BCUT2D eigenvalue weighted by molar-refractivity contribution is -0.139. The van der Waals surface area contributed by atoms with Crippen LogP contribution in [0.5, 0.6) is 0 Å². The number of amides is 1. The Kier molecular flexibility index (Phi) is 6.31. The number of H-pyrrole nitrogens is 1. The first-order valence-electron chi connectivity index (χ1n) is 8.79. The number of nitrogens with zero attached hydrogens (tertiary/aromatic N) is 2. The summed E-state index contributed by atoms with van der Waals surface area (Å²) < 4.78 is 39.5. The number of carbonyl (C=O) groups is 1. The molecule has 154 valence electrons. The number of hydrogen-bond acceptors (Lipinski definition) is 4. The van der Waals surface area contributed by atoms with Gasteiger partial charge in [-0.25, -0.2) is 4.98 Å². The predicted molar refractivity (Wildman–Crippen MR) is 106 cm³/mol. The van der Waals surface area contributed by atoms with Gasteiger partial charge in [0.2, 0.25) is 5.91 Å². The fourth-order valence-electron chi connectivity index (χ4n) is 2.92. The third-order valence-electron chi connectivity index (χ3n) is 4.32. The number of halogens is 3. The van der Waals surface area contributed by atoms with Crippen LogP contribution in [0.25, 0.3) is 11.0 Å². The first kappa shape index (κ1) is 21.0. The standard InChI is InChI=1S/C19H19F3N4O2S/c1-29-10-8-15(17-24-13-6-2-3-7-14(13)25-17)23-16(27)11-26-9-4-5-12(18(26)28)19(20,21)22/h2-7,9,15H,8,10-11H2,1H3,(H,23,27)(H,24,25)/t15-/m0/s1. The van der Waals surface area contributed by atoms with Crippen molar-refractivity contribution in [1.82, 2.24) is 19.9 Å². The Morgan fingerprint density at radius 2 is 2.03 bits per heavy atom. The fourth-order valence-corrected chi connectivity index (χ4v) is 3.39. The number of aromatic nitrogens is 3. The van der Waals surface area contributed by atoms with Crippen molar-refractivity contribution in [2.75, 3.05) is 12.0 Å². The number of alkyl halides is 3. The number of imidazole rings is 1. The van der Waals surface area contributed by atoms with Gasteiger partial charge in [0.1, 0.15) is 17.9 Å². The molecule has 29 heavy (non-hydrogen) atoms. The maximum Gasteiger partial charge on any atom is 0.421 e. The van der Waals surface area contributed by atoms with Crippen molar-refractivity contribution >= 4 is 28.7 Å². The molecule has 0 bridgehead atoms. The van der Waals surface area contributed by atoms with Gasteiger partial charge >= 0.3 is 6.18 Å². The molecule has 1 atom stereocenters. The van der Waals surface area contributed by atoms with E-state index in [0.717, 1.165) is 33.6 Å². The van der Waals surface area contributed by atoms with Gasteiger partial charge in [-0.2, -0.15) is 24.9 Å². The van der Waals surface area contributed by atoms with Gasteiger partial charge in [0.25, 0.3) is 5.56 Å². The van der Waals surface area contributed by atoms with Gasteiger partial charge in [-0.1, -0.05) is 12.1 Å². The minimum atomic E-state index is -4.77. The lowest BCUT2D eigenvalue weighted by atomic mass is 10.2. The fraction of sp³-hybridized carbons (Fsp3) is 0.316. The summed E-state index contributed by atoms with van der Waals surface area (Å²) in [5.41, 5.74) is -0.983. The Labute approximate surface area is 168 Å². The second-order valence-electron chi connectivity index (χ2n) is 6.39. The van der Waals surface area contributed by atoms with E-state index in [4.69, 9.17) is 0 Å². The van der Waals surface area contributed by atoms with E-state index in [0.29, 0.717) is 18.3 Å². The quantitative estimate of drug-likeness (QED) is 0.610. The molecule has 2 aromatic heterocycles. The van der Waals surface area contributed by atoms with Crippen LogP contribution < -0.4 is 10.9 Å². The van der Waals surface area contributed by atoms with Crippen LogP contribution in [0.3, 0.4) is 0 Å². The van der Waals surface area contributed by atoms with Crippen LogP contribution in [0.1, 0.15) is 23.9 Å². The summed E-state index contributed by atoms with van der Waals surface area (Å²) in [6.07, 6.45) is -1.11. The van der Waals surface area contributed by atoms with Crippen molar-refractivity contribution in [2.45, 2.75) is 25.2 Å². The molecule has 0 aliphatic heterocycles. The van der Waals surface area contributed by atoms with Crippen molar-refractivity contribution in [3.63, 3.8) is 0 Å². The molecule has 1 aromatic carbocycles. The molecule has 1 amide bonds. The smallest absolute Gasteiger partial charge is 0.345 e. The molecule has 3 aromatic rings. The first-order valence-corrected chi connectivity index (χ1v) is 10.2. The normalized spacial score (nSPS) is 12.8. The van der Waals surface area contributed by atoms with Gasteiger partial charge in [-0.3, -0.25) is 9.59 Å². The number of rotatable bonds is 7. The summed E-state index contributed by atoms with van der Waals surface area (Å²) in [5.74, 6) is 0.730. The molecule has 0 spiro atoms. The maximum absolute atomic E-state index is 12.9. The molecule has 2 heterocycles. The summed E-state index contributed by atoms with van der Waals surface area (Å²) in [6, 6.07) is 8.76. The van der Waals surface area contributed by atoms with Crippen molar-refractivity contribution in [3.05, 3.63) is 64.3 Å². The molecule has 3 rings (SSSR count). The average Bonchev–Trinajstić information content (AvgIpc) is 3.10. The van der Waals surface area contributed by atoms with E-state index in [9.17, 15) is 22.8 Å². The SMILES string of the molecule is CSCC[C@H](NC(=O)Cn1cccc(C(F)(F)F)c1=O)c1nc2ccccc2[nH]1. The Morgan fingerprint density at radius 3 is 2.72 bits per heavy atom. The number of hydrogen-bond donors (Lipinski definition) is 2. The van der Waals surface area contributed by atoms with Gasteiger partial charge < -0.3 is 14.9 Å². The Hall–Kier alpha value is -2.75. The number of nitrogens with one attached hydrogen (secondary N) is 2. The number of benzene rings is 1. The number of para-hydroxylation sites is 2. The molecule has 0 aliphatic rings. The molecule has 0 unspecified atom stereocenters. The largest absolute Gasteiger partial charge is 0.421 e. The second-order valence-corrected chi connectivity index (χ2v) is 7.38. The van der Waals surface area contributed by atoms with E-state index >= 15 is 0 Å². The molecule has 2 N–H and O–H groups in total. The third-order valence-corrected chi connectivity index (χ3v) is 4.97. The minimum absolute atomic E-state index is 0.455. The van der Waals surface area contributed by atoms with Crippen LogP contribution >= 0.6 is 11.8 Å². The summed E-state index contributed by atoms with van der Waals surface area (Å²) in [7, 11) is 0. The molecule has 0 fully saturated rings. The van der Waals surface area contributed by atoms with E-state index < -0.39 is 35.8 Å². The van der Waals surface area contributed by atoms with E-state index in [1.807, 2.05) is 30.5 Å².